The maximum atomic E-state index is 10.3. The van der Waals surface area contributed by atoms with Gasteiger partial charge in [-0.25, -0.2) is 0 Å². The molecule has 0 bridgehead atoms. The molecule has 4 heteroatoms. The van der Waals surface area contributed by atoms with E-state index in [1.165, 1.54) is 0 Å². The highest BCUT2D eigenvalue weighted by molar-refractivity contribution is 5.72. The molecule has 0 saturated heterocycles. The van der Waals surface area contributed by atoms with Crippen molar-refractivity contribution in [3.63, 3.8) is 0 Å². The van der Waals surface area contributed by atoms with Crippen molar-refractivity contribution in [2.45, 2.75) is 38.6 Å². The van der Waals surface area contributed by atoms with Gasteiger partial charge in [-0.3, -0.25) is 4.79 Å². The zero-order valence-corrected chi connectivity index (χ0v) is 11.5. The predicted molar refractivity (Wildman–Crippen MR) is 75.5 cm³/mol. The highest BCUT2D eigenvalue weighted by atomic mass is 16.4. The van der Waals surface area contributed by atoms with Gasteiger partial charge in [-0.1, -0.05) is 37.6 Å². The maximum absolute atomic E-state index is 10.3. The number of hydrogen-bond donors (Lipinski definition) is 2. The Morgan fingerprint density at radius 1 is 1.39 bits per heavy atom. The van der Waals surface area contributed by atoms with Crippen molar-refractivity contribution in [1.29, 1.82) is 0 Å². The molecule has 1 aliphatic rings. The third-order valence-electron chi connectivity index (χ3n) is 2.82. The number of nitrogens with zero attached hydrogens (tertiary/aromatic N) is 1. The van der Waals surface area contributed by atoms with E-state index in [0.29, 0.717) is 6.42 Å². The van der Waals surface area contributed by atoms with Crippen LogP contribution in [0.15, 0.2) is 24.3 Å². The number of carboxylic acids is 1. The molecule has 0 aromatic rings. The van der Waals surface area contributed by atoms with Crippen LogP contribution in [-0.2, 0) is 4.79 Å². The van der Waals surface area contributed by atoms with Crippen LogP contribution in [0.1, 0.15) is 32.6 Å². The largest absolute Gasteiger partial charge is 0.480 e. The second kappa shape index (κ2) is 11.0. The molecular weight excluding hydrogens is 228 g/mol. The predicted octanol–water partition coefficient (Wildman–Crippen LogP) is 2.02. The lowest BCUT2D eigenvalue weighted by molar-refractivity contribution is -0.138. The number of aliphatic carboxylic acids is 1. The van der Waals surface area contributed by atoms with Crippen molar-refractivity contribution in [2.75, 3.05) is 20.1 Å². The Morgan fingerprint density at radius 3 is 2.39 bits per heavy atom. The van der Waals surface area contributed by atoms with E-state index in [-0.39, 0.29) is 0 Å². The van der Waals surface area contributed by atoms with Crippen LogP contribution in [0.3, 0.4) is 0 Å². The summed E-state index contributed by atoms with van der Waals surface area (Å²) in [6.07, 6.45) is 12.0. The zero-order valence-electron chi connectivity index (χ0n) is 11.5. The standard InChI is InChI=1S/C9H20N2O2.C5H6/c1-3-11(2)7-5-4-6-8(10)9(12)13;1-2-4-5-3-1/h8H,3-7,10H2,1-2H3,(H,12,13);1-4H,5H2/t8-;/m0./s1. The van der Waals surface area contributed by atoms with Gasteiger partial charge in [-0.2, -0.15) is 0 Å². The quantitative estimate of drug-likeness (QED) is 0.682. The number of unbranched alkanes of at least 4 members (excludes halogenated alkanes) is 1. The minimum atomic E-state index is -0.899. The van der Waals surface area contributed by atoms with Crippen molar-refractivity contribution in [1.82, 2.24) is 4.90 Å². The van der Waals surface area contributed by atoms with Gasteiger partial charge >= 0.3 is 5.97 Å². The van der Waals surface area contributed by atoms with Gasteiger partial charge in [0.2, 0.25) is 0 Å². The van der Waals surface area contributed by atoms with Gasteiger partial charge in [0, 0.05) is 0 Å². The first-order chi connectivity index (χ1) is 8.57. The monoisotopic (exact) mass is 254 g/mol. The molecule has 4 nitrogen and oxygen atoms in total. The highest BCUT2D eigenvalue weighted by Crippen LogP contribution is 2.00. The summed E-state index contributed by atoms with van der Waals surface area (Å²) in [6.45, 7) is 4.15. The van der Waals surface area contributed by atoms with Crippen LogP contribution in [0.5, 0.6) is 0 Å². The number of carbonyl (C=O) groups is 1. The van der Waals surface area contributed by atoms with Gasteiger partial charge in [0.05, 0.1) is 0 Å². The van der Waals surface area contributed by atoms with E-state index in [2.05, 4.69) is 43.2 Å². The summed E-state index contributed by atoms with van der Waals surface area (Å²) in [6, 6.07) is -0.688. The lowest BCUT2D eigenvalue weighted by atomic mass is 10.1. The van der Waals surface area contributed by atoms with E-state index < -0.39 is 12.0 Å². The molecule has 0 aliphatic heterocycles. The van der Waals surface area contributed by atoms with Crippen LogP contribution >= 0.6 is 0 Å². The topological polar surface area (TPSA) is 66.6 Å². The normalized spacial score (nSPS) is 14.4. The number of carboxylic acid groups (broad SMARTS) is 1. The highest BCUT2D eigenvalue weighted by Gasteiger charge is 2.09. The fourth-order valence-electron chi connectivity index (χ4n) is 1.42. The van der Waals surface area contributed by atoms with Crippen LogP contribution in [0.25, 0.3) is 0 Å². The molecule has 1 aliphatic carbocycles. The summed E-state index contributed by atoms with van der Waals surface area (Å²) in [5.74, 6) is -0.899. The fraction of sp³-hybridized carbons (Fsp3) is 0.643. The molecule has 0 aromatic heterocycles. The Morgan fingerprint density at radius 2 is 2.00 bits per heavy atom. The third kappa shape index (κ3) is 10.1. The molecule has 0 fully saturated rings. The van der Waals surface area contributed by atoms with Crippen LogP contribution in [0, 0.1) is 0 Å². The molecule has 1 rings (SSSR count). The summed E-state index contributed by atoms with van der Waals surface area (Å²) >= 11 is 0. The molecule has 0 spiro atoms. The van der Waals surface area contributed by atoms with E-state index in [0.717, 1.165) is 32.4 Å². The molecule has 0 aromatic carbocycles. The van der Waals surface area contributed by atoms with Crippen molar-refractivity contribution in [3.8, 4) is 0 Å². The fourth-order valence-corrected chi connectivity index (χ4v) is 1.42. The van der Waals surface area contributed by atoms with Crippen molar-refractivity contribution < 1.29 is 9.90 Å². The Hall–Kier alpha value is -1.13. The summed E-state index contributed by atoms with van der Waals surface area (Å²) in [7, 11) is 2.05. The van der Waals surface area contributed by atoms with Gasteiger partial charge < -0.3 is 15.7 Å². The molecule has 0 saturated carbocycles. The molecule has 0 amide bonds. The van der Waals surface area contributed by atoms with E-state index >= 15 is 0 Å². The lowest BCUT2D eigenvalue weighted by Gasteiger charge is -2.13. The van der Waals surface area contributed by atoms with E-state index in [1.807, 2.05) is 0 Å². The first-order valence-corrected chi connectivity index (χ1v) is 6.56. The molecule has 0 radical (unpaired) electrons. The van der Waals surface area contributed by atoms with E-state index in [9.17, 15) is 4.79 Å². The second-order valence-electron chi connectivity index (χ2n) is 4.43. The van der Waals surface area contributed by atoms with Gasteiger partial charge in [0.15, 0.2) is 0 Å². The van der Waals surface area contributed by atoms with Crippen LogP contribution in [-0.4, -0.2) is 42.2 Å². The molecule has 3 N–H and O–H groups in total. The number of allylic oxidation sites excluding steroid dienone is 4. The van der Waals surface area contributed by atoms with Gasteiger partial charge in [0.1, 0.15) is 6.04 Å². The minimum absolute atomic E-state index is 0.576. The van der Waals surface area contributed by atoms with E-state index in [4.69, 9.17) is 10.8 Å². The van der Waals surface area contributed by atoms with Gasteiger partial charge in [0.25, 0.3) is 0 Å². The molecule has 0 heterocycles. The lowest BCUT2D eigenvalue weighted by Crippen LogP contribution is -2.30. The smallest absolute Gasteiger partial charge is 0.320 e. The Labute approximate surface area is 110 Å². The van der Waals surface area contributed by atoms with Gasteiger partial charge in [-0.15, -0.1) is 0 Å². The number of rotatable bonds is 7. The first-order valence-electron chi connectivity index (χ1n) is 6.56. The SMILES string of the molecule is C1=CCC=C1.CCN(C)CCCC[C@H](N)C(=O)O. The Balaban J connectivity index is 0.000000473. The average Bonchev–Trinajstić information content (AvgIpc) is 2.92. The summed E-state index contributed by atoms with van der Waals surface area (Å²) in [5.41, 5.74) is 5.35. The van der Waals surface area contributed by atoms with Gasteiger partial charge in [-0.05, 0) is 39.4 Å². The van der Waals surface area contributed by atoms with E-state index in [1.54, 1.807) is 0 Å². The van der Waals surface area contributed by atoms with Crippen LogP contribution in [0.4, 0.5) is 0 Å². The van der Waals surface area contributed by atoms with Crippen molar-refractivity contribution >= 4 is 5.97 Å². The summed E-state index contributed by atoms with van der Waals surface area (Å²) in [4.78, 5) is 12.5. The first kappa shape index (κ1) is 16.9. The average molecular weight is 254 g/mol. The Bertz CT molecular complexity index is 265. The second-order valence-corrected chi connectivity index (χ2v) is 4.43. The number of hydrogen-bond acceptors (Lipinski definition) is 3. The van der Waals surface area contributed by atoms with Crippen molar-refractivity contribution in [2.24, 2.45) is 5.73 Å². The molecular formula is C14H26N2O2. The van der Waals surface area contributed by atoms with Crippen LogP contribution < -0.4 is 5.73 Å². The van der Waals surface area contributed by atoms with Crippen molar-refractivity contribution in [3.05, 3.63) is 24.3 Å². The third-order valence-corrected chi connectivity index (χ3v) is 2.82. The number of nitrogens with two attached hydrogens (primary N) is 1. The molecule has 104 valence electrons. The summed E-state index contributed by atoms with van der Waals surface area (Å²) in [5, 5.41) is 8.50. The van der Waals surface area contributed by atoms with Crippen LogP contribution in [0.2, 0.25) is 0 Å². The minimum Gasteiger partial charge on any atom is -0.480 e. The molecule has 0 unspecified atom stereocenters. The molecule has 1 atom stereocenters. The maximum Gasteiger partial charge on any atom is 0.320 e. The Kier molecular flexibility index (Phi) is 10.3. The zero-order chi connectivity index (χ0) is 13.8. The molecule has 18 heavy (non-hydrogen) atoms. The summed E-state index contributed by atoms with van der Waals surface area (Å²) < 4.78 is 0.